The average Bonchev–Trinajstić information content (AvgIpc) is 4.04. The quantitative estimate of drug-likeness (QED) is 0.0570. The molecule has 4 atom stereocenters. The van der Waals surface area contributed by atoms with Gasteiger partial charge in [-0.25, -0.2) is 4.98 Å². The fourth-order valence-corrected chi connectivity index (χ4v) is 12.5. The molecule has 13 heteroatoms. The number of anilines is 2. The van der Waals surface area contributed by atoms with Crippen molar-refractivity contribution in [2.45, 2.75) is 101 Å². The minimum atomic E-state index is -0.121. The van der Waals surface area contributed by atoms with E-state index in [1.807, 2.05) is 6.20 Å². The summed E-state index contributed by atoms with van der Waals surface area (Å²) in [7, 11) is 2.19. The van der Waals surface area contributed by atoms with Gasteiger partial charge in [-0.2, -0.15) is 0 Å². The molecule has 3 fully saturated rings. The SMILES string of the molecule is C=C(CN)NC(C(=C)N1CC(N/C=C\N2CCN(c3ccc(C(=C)Nc4ncc(Sc5cc(C(=C)N6CCN(C(=C)C)CC6)c(CC)cc5C)s4)cc3)CC2)CC1C(=C)N(C)[C@H](CC)c1ccccc1)C(C)(C)C. The number of rotatable bonds is 23. The second-order valence-corrected chi connectivity index (χ2v) is 23.7. The number of nitrogens with zero attached hydrogens (tertiary/aromatic N) is 7. The first-order valence-electron chi connectivity index (χ1n) is 26.5. The van der Waals surface area contributed by atoms with Gasteiger partial charge in [0.2, 0.25) is 0 Å². The fourth-order valence-electron chi connectivity index (χ4n) is 10.6. The van der Waals surface area contributed by atoms with Gasteiger partial charge in [0.05, 0.1) is 28.5 Å². The molecule has 3 saturated heterocycles. The smallest absolute Gasteiger partial charge is 0.188 e. The standard InChI is InChI=1S/C61H85N11S2/c1-15-49-36-43(5)57(38-54(49)46(8)70-34-32-69(33-35-70)42(3)4)73-58-40-64-60(74-58)66-45(7)50-22-24-53(25-23-50)71-30-28-68(29-31-71)27-26-63-52-37-56(47(9)67(14)55(16-2)51-20-18-17-19-21-51)72(41-52)48(10)59(61(11,12)13)65-44(6)39-62/h17-27,36,38,40,52,55-56,59,63,65H,3,6-10,15-16,28-35,37,39,41,62H2,1-2,4-5,11-14H3,(H,64,66)/b27-26-/t52?,55-,56?,59?/m1/s1. The van der Waals surface area contributed by atoms with E-state index in [0.29, 0.717) is 6.54 Å². The molecule has 0 saturated carbocycles. The van der Waals surface area contributed by atoms with Crippen LogP contribution in [0.1, 0.15) is 88.2 Å². The van der Waals surface area contributed by atoms with E-state index in [0.717, 1.165) is 127 Å². The Kier molecular flexibility index (Phi) is 18.8. The van der Waals surface area contributed by atoms with Crippen LogP contribution < -0.4 is 26.6 Å². The van der Waals surface area contributed by atoms with Gasteiger partial charge in [-0.05, 0) is 79.0 Å². The molecule has 0 bridgehead atoms. The molecule has 74 heavy (non-hydrogen) atoms. The lowest BCUT2D eigenvalue weighted by molar-refractivity contribution is 0.204. The lowest BCUT2D eigenvalue weighted by Crippen LogP contribution is -2.49. The molecule has 5 N–H and O–H groups in total. The predicted molar refractivity (Wildman–Crippen MR) is 318 cm³/mol. The molecule has 4 heterocycles. The number of likely N-dealkylation sites (tertiary alicyclic amines) is 1. The Morgan fingerprint density at radius 1 is 0.919 bits per heavy atom. The molecule has 7 rings (SSSR count). The van der Waals surface area contributed by atoms with Crippen LogP contribution in [0.25, 0.3) is 11.4 Å². The largest absolute Gasteiger partial charge is 0.385 e. The monoisotopic (exact) mass is 1040 g/mol. The third kappa shape index (κ3) is 13.6. The number of hydrogen-bond acceptors (Lipinski definition) is 13. The summed E-state index contributed by atoms with van der Waals surface area (Å²) in [6.07, 6.45) is 9.19. The lowest BCUT2D eigenvalue weighted by atomic mass is 9.84. The van der Waals surface area contributed by atoms with Crippen LogP contribution in [-0.4, -0.2) is 120 Å². The highest BCUT2D eigenvalue weighted by Gasteiger charge is 2.41. The zero-order chi connectivity index (χ0) is 53.3. The Labute approximate surface area is 453 Å². The molecule has 4 aromatic rings. The average molecular weight is 1040 g/mol. The van der Waals surface area contributed by atoms with Crippen LogP contribution in [0.2, 0.25) is 0 Å². The van der Waals surface area contributed by atoms with Crippen molar-refractivity contribution >= 4 is 45.3 Å². The number of piperazine rings is 2. The topological polar surface area (TPSA) is 94.4 Å². The third-order valence-corrected chi connectivity index (χ3v) is 17.3. The second-order valence-electron chi connectivity index (χ2n) is 21.3. The number of allylic oxidation sites excluding steroid dienone is 1. The van der Waals surface area contributed by atoms with E-state index in [1.165, 1.54) is 32.8 Å². The van der Waals surface area contributed by atoms with Crippen LogP contribution in [0, 0.1) is 12.3 Å². The van der Waals surface area contributed by atoms with Crippen molar-refractivity contribution in [3.8, 4) is 0 Å². The van der Waals surface area contributed by atoms with Gasteiger partial charge in [-0.15, -0.1) is 0 Å². The highest BCUT2D eigenvalue weighted by molar-refractivity contribution is 8.01. The highest BCUT2D eigenvalue weighted by atomic mass is 32.2. The maximum absolute atomic E-state index is 6.04. The molecule has 3 aromatic carbocycles. The summed E-state index contributed by atoms with van der Waals surface area (Å²) in [5.74, 6) is 0. The first-order chi connectivity index (χ1) is 35.4. The zero-order valence-corrected chi connectivity index (χ0v) is 47.5. The summed E-state index contributed by atoms with van der Waals surface area (Å²) in [5, 5.41) is 11.7. The zero-order valence-electron chi connectivity index (χ0n) is 45.9. The molecule has 0 radical (unpaired) electrons. The fraction of sp³-hybridized carbons (Fsp3) is 0.426. The summed E-state index contributed by atoms with van der Waals surface area (Å²) in [4.78, 5) is 20.5. The summed E-state index contributed by atoms with van der Waals surface area (Å²) in [6.45, 7) is 51.1. The number of likely N-dealkylation sites (N-methyl/N-ethyl adjacent to an activating group) is 1. The van der Waals surface area contributed by atoms with E-state index < -0.39 is 0 Å². The maximum Gasteiger partial charge on any atom is 0.188 e. The van der Waals surface area contributed by atoms with Crippen molar-refractivity contribution in [1.82, 2.24) is 40.1 Å². The van der Waals surface area contributed by atoms with Crippen molar-refractivity contribution in [3.63, 3.8) is 0 Å². The van der Waals surface area contributed by atoms with E-state index in [9.17, 15) is 0 Å². The predicted octanol–water partition coefficient (Wildman–Crippen LogP) is 11.6. The van der Waals surface area contributed by atoms with Gasteiger partial charge in [-0.1, -0.05) is 146 Å². The van der Waals surface area contributed by atoms with Crippen LogP contribution in [-0.2, 0) is 6.42 Å². The number of thiazole rings is 1. The molecular weight excluding hydrogens is 951 g/mol. The number of nitrogens with two attached hydrogens (primary N) is 1. The van der Waals surface area contributed by atoms with Crippen LogP contribution >= 0.6 is 23.1 Å². The Hall–Kier alpha value is -6.02. The minimum absolute atomic E-state index is 0.0462. The second kappa shape index (κ2) is 25.0. The molecule has 3 aliphatic heterocycles. The Bertz CT molecular complexity index is 2630. The Morgan fingerprint density at radius 3 is 2.22 bits per heavy atom. The molecule has 3 unspecified atom stereocenters. The van der Waals surface area contributed by atoms with Gasteiger partial charge in [0.25, 0.3) is 0 Å². The van der Waals surface area contributed by atoms with Crippen LogP contribution in [0.15, 0.2) is 157 Å². The lowest BCUT2D eigenvalue weighted by Gasteiger charge is -2.43. The van der Waals surface area contributed by atoms with Gasteiger partial charge in [0, 0.05) is 141 Å². The summed E-state index contributed by atoms with van der Waals surface area (Å²) >= 11 is 3.42. The first kappa shape index (κ1) is 55.7. The van der Waals surface area contributed by atoms with Crippen molar-refractivity contribution < 1.29 is 0 Å². The normalized spacial score (nSPS) is 18.0. The Morgan fingerprint density at radius 2 is 1.59 bits per heavy atom. The summed E-state index contributed by atoms with van der Waals surface area (Å²) in [5.41, 5.74) is 19.3. The summed E-state index contributed by atoms with van der Waals surface area (Å²) in [6, 6.07) is 24.6. The molecule has 11 nitrogen and oxygen atoms in total. The molecule has 396 valence electrons. The van der Waals surface area contributed by atoms with Gasteiger partial charge >= 0.3 is 0 Å². The van der Waals surface area contributed by atoms with E-state index in [4.69, 9.17) is 23.9 Å². The molecular formula is C61H85N11S2. The van der Waals surface area contributed by atoms with Gasteiger partial charge in [0.1, 0.15) is 0 Å². The summed E-state index contributed by atoms with van der Waals surface area (Å²) < 4.78 is 1.13. The van der Waals surface area contributed by atoms with Gasteiger partial charge in [0.15, 0.2) is 5.13 Å². The van der Waals surface area contributed by atoms with E-state index in [1.54, 1.807) is 23.1 Å². The molecule has 0 spiro atoms. The van der Waals surface area contributed by atoms with Crippen molar-refractivity contribution in [3.05, 3.63) is 175 Å². The van der Waals surface area contributed by atoms with Crippen LogP contribution in [0.4, 0.5) is 10.8 Å². The molecule has 0 amide bonds. The minimum Gasteiger partial charge on any atom is -0.385 e. The van der Waals surface area contributed by atoms with Crippen molar-refractivity contribution in [1.29, 1.82) is 0 Å². The van der Waals surface area contributed by atoms with Gasteiger partial charge < -0.3 is 51.1 Å². The number of aryl methyl sites for hydroxylation is 2. The highest BCUT2D eigenvalue weighted by Crippen LogP contribution is 2.40. The molecule has 1 aromatic heterocycles. The molecule has 3 aliphatic rings. The number of aromatic nitrogens is 1. The number of benzene rings is 3. The third-order valence-electron chi connectivity index (χ3n) is 15.1. The first-order valence-corrected chi connectivity index (χ1v) is 28.2. The van der Waals surface area contributed by atoms with Crippen molar-refractivity contribution in [2.24, 2.45) is 11.1 Å². The van der Waals surface area contributed by atoms with E-state index in [-0.39, 0.29) is 29.6 Å². The van der Waals surface area contributed by atoms with Crippen molar-refractivity contribution in [2.75, 3.05) is 82.7 Å². The maximum atomic E-state index is 6.04. The van der Waals surface area contributed by atoms with Gasteiger partial charge in [-0.3, -0.25) is 0 Å². The van der Waals surface area contributed by atoms with E-state index >= 15 is 0 Å². The van der Waals surface area contributed by atoms with Crippen LogP contribution in [0.5, 0.6) is 0 Å². The van der Waals surface area contributed by atoms with Crippen LogP contribution in [0.3, 0.4) is 0 Å². The molecule has 0 aliphatic carbocycles. The van der Waals surface area contributed by atoms with E-state index in [2.05, 4.69) is 206 Å². The number of hydrogen-bond donors (Lipinski definition) is 4. The number of nitrogens with one attached hydrogen (secondary N) is 3. The Balaban J connectivity index is 0.916.